The molecule has 6 rings (SSSR count). The Morgan fingerprint density at radius 3 is 2.49 bits per heavy atom. The van der Waals surface area contributed by atoms with Crippen molar-refractivity contribution in [2.75, 3.05) is 6.61 Å². The van der Waals surface area contributed by atoms with Gasteiger partial charge in [0, 0.05) is 18.8 Å². The van der Waals surface area contributed by atoms with Crippen LogP contribution in [0.3, 0.4) is 0 Å². The fraction of sp³-hybridized carbons (Fsp3) is 0.968. The van der Waals surface area contributed by atoms with Crippen LogP contribution in [0.5, 0.6) is 0 Å². The number of hydrogen-bond acceptors (Lipinski definition) is 4. The molecule has 0 aromatic carbocycles. The van der Waals surface area contributed by atoms with E-state index in [1.54, 1.807) is 0 Å². The fourth-order valence-corrected chi connectivity index (χ4v) is 10.8. The summed E-state index contributed by atoms with van der Waals surface area (Å²) in [7, 11) is 0. The van der Waals surface area contributed by atoms with Gasteiger partial charge in [0.2, 0.25) is 0 Å². The molecule has 35 heavy (non-hydrogen) atoms. The quantitative estimate of drug-likeness (QED) is 0.398. The Morgan fingerprint density at radius 2 is 1.74 bits per heavy atom. The smallest absolute Gasteiger partial charge is 0.306 e. The molecule has 0 aromatic rings. The van der Waals surface area contributed by atoms with E-state index in [1.165, 1.54) is 44.9 Å². The summed E-state index contributed by atoms with van der Waals surface area (Å²) in [5.74, 6) is 4.74. The lowest BCUT2D eigenvalue weighted by Gasteiger charge is -2.61. The number of hydrogen-bond donors (Lipinski definition) is 0. The van der Waals surface area contributed by atoms with Crippen LogP contribution in [0, 0.1) is 52.3 Å². The number of carbonyl (C=O) groups is 1. The lowest BCUT2D eigenvalue weighted by Crippen LogP contribution is -2.55. The predicted octanol–water partition coefficient (Wildman–Crippen LogP) is 7.14. The Labute approximate surface area is 213 Å². The summed E-state index contributed by atoms with van der Waals surface area (Å²) in [6.45, 7) is 12.9. The summed E-state index contributed by atoms with van der Waals surface area (Å²) < 4.78 is 19.3. The van der Waals surface area contributed by atoms with Crippen molar-refractivity contribution >= 4 is 5.97 Å². The van der Waals surface area contributed by atoms with Crippen molar-refractivity contribution in [1.29, 1.82) is 0 Å². The summed E-state index contributed by atoms with van der Waals surface area (Å²) >= 11 is 0. The van der Waals surface area contributed by atoms with Crippen LogP contribution < -0.4 is 0 Å². The zero-order chi connectivity index (χ0) is 24.6. The summed E-state index contributed by atoms with van der Waals surface area (Å²) in [6.07, 6.45) is 14.4. The average Bonchev–Trinajstić information content (AvgIpc) is 3.26. The van der Waals surface area contributed by atoms with Crippen LogP contribution in [0.1, 0.15) is 112 Å². The minimum Gasteiger partial charge on any atom is -0.462 e. The minimum atomic E-state index is -0.302. The van der Waals surface area contributed by atoms with Crippen LogP contribution >= 0.6 is 0 Å². The summed E-state index contributed by atoms with van der Waals surface area (Å²) in [6, 6.07) is 0. The Kier molecular flexibility index (Phi) is 6.15. The highest BCUT2D eigenvalue weighted by molar-refractivity contribution is 5.69. The van der Waals surface area contributed by atoms with E-state index in [0.29, 0.717) is 41.1 Å². The first-order valence-corrected chi connectivity index (χ1v) is 15.2. The first-order valence-electron chi connectivity index (χ1n) is 15.2. The van der Waals surface area contributed by atoms with E-state index >= 15 is 0 Å². The Balaban J connectivity index is 1.17. The van der Waals surface area contributed by atoms with E-state index in [4.69, 9.17) is 14.2 Å². The molecule has 0 unspecified atom stereocenters. The number of esters is 1. The molecular weight excluding hydrogens is 436 g/mol. The summed E-state index contributed by atoms with van der Waals surface area (Å²) in [5, 5.41) is 0. The van der Waals surface area contributed by atoms with E-state index in [9.17, 15) is 4.79 Å². The van der Waals surface area contributed by atoms with Gasteiger partial charge in [-0.25, -0.2) is 0 Å². The zero-order valence-electron chi connectivity index (χ0n) is 23.0. The molecule has 4 heteroatoms. The van der Waals surface area contributed by atoms with Crippen molar-refractivity contribution in [2.45, 2.75) is 130 Å². The van der Waals surface area contributed by atoms with Gasteiger partial charge in [0.15, 0.2) is 5.79 Å². The van der Waals surface area contributed by atoms with Crippen LogP contribution in [0.25, 0.3) is 0 Å². The molecular formula is C31H50O4. The predicted molar refractivity (Wildman–Crippen MR) is 137 cm³/mol. The van der Waals surface area contributed by atoms with Gasteiger partial charge in [-0.15, -0.1) is 0 Å². The molecule has 0 aromatic heterocycles. The maximum Gasteiger partial charge on any atom is 0.306 e. The third-order valence-corrected chi connectivity index (χ3v) is 12.6. The number of fused-ring (bicyclic) bond motifs is 7. The molecule has 4 nitrogen and oxygen atoms in total. The largest absolute Gasteiger partial charge is 0.462 e. The molecule has 0 N–H and O–H groups in total. The van der Waals surface area contributed by atoms with E-state index in [1.807, 2.05) is 0 Å². The van der Waals surface area contributed by atoms with Gasteiger partial charge >= 0.3 is 5.97 Å². The van der Waals surface area contributed by atoms with Gasteiger partial charge < -0.3 is 14.2 Å². The van der Waals surface area contributed by atoms with Crippen molar-refractivity contribution in [2.24, 2.45) is 52.3 Å². The average molecular weight is 487 g/mol. The first-order chi connectivity index (χ1) is 16.7. The van der Waals surface area contributed by atoms with Crippen LogP contribution in [0.4, 0.5) is 0 Å². The van der Waals surface area contributed by atoms with Crippen molar-refractivity contribution in [1.82, 2.24) is 0 Å². The van der Waals surface area contributed by atoms with Crippen LogP contribution in [0.15, 0.2) is 0 Å². The molecule has 0 bridgehead atoms. The van der Waals surface area contributed by atoms with E-state index in [2.05, 4.69) is 34.6 Å². The molecule has 1 spiro atoms. The van der Waals surface area contributed by atoms with Gasteiger partial charge in [-0.2, -0.15) is 0 Å². The Morgan fingerprint density at radius 1 is 0.943 bits per heavy atom. The molecule has 6 aliphatic rings. The molecule has 12 atom stereocenters. The van der Waals surface area contributed by atoms with Crippen molar-refractivity contribution in [3.05, 3.63) is 0 Å². The molecule has 0 radical (unpaired) electrons. The second-order valence-corrected chi connectivity index (χ2v) is 14.3. The summed E-state index contributed by atoms with van der Waals surface area (Å²) in [5.41, 5.74) is 0.823. The highest BCUT2D eigenvalue weighted by atomic mass is 16.7. The Hall–Kier alpha value is -0.610. The van der Waals surface area contributed by atoms with Gasteiger partial charge in [0.05, 0.1) is 12.7 Å². The first kappa shape index (κ1) is 24.7. The second-order valence-electron chi connectivity index (χ2n) is 14.3. The number of rotatable bonds is 3. The topological polar surface area (TPSA) is 44.8 Å². The SMILES string of the molecule is CCCC(=O)O[C@@H]1CC[C@@]2(C)[C@H](CC[C@@H]3[C@@H]2CC[C@]2(C)[C@@H]4[C@H](C[C@@H]32)O[C@@]2(CC[C@@H](C)CO2)[C@H]4C)C1. The van der Waals surface area contributed by atoms with Gasteiger partial charge in [0.25, 0.3) is 0 Å². The fourth-order valence-electron chi connectivity index (χ4n) is 10.8. The van der Waals surface area contributed by atoms with Gasteiger partial charge in [-0.05, 0) is 111 Å². The molecule has 4 aliphatic carbocycles. The van der Waals surface area contributed by atoms with E-state index in [-0.39, 0.29) is 17.9 Å². The zero-order valence-corrected chi connectivity index (χ0v) is 23.0. The Bertz CT molecular complexity index is 817. The lowest BCUT2D eigenvalue weighted by molar-refractivity contribution is -0.273. The van der Waals surface area contributed by atoms with E-state index < -0.39 is 0 Å². The highest BCUT2D eigenvalue weighted by Gasteiger charge is 2.69. The maximum absolute atomic E-state index is 12.1. The maximum atomic E-state index is 12.1. The molecule has 2 saturated heterocycles. The van der Waals surface area contributed by atoms with Crippen molar-refractivity contribution < 1.29 is 19.0 Å². The van der Waals surface area contributed by atoms with E-state index in [0.717, 1.165) is 56.0 Å². The number of carbonyl (C=O) groups excluding carboxylic acids is 1. The van der Waals surface area contributed by atoms with Crippen LogP contribution in [0.2, 0.25) is 0 Å². The lowest BCUT2D eigenvalue weighted by atomic mass is 9.44. The third-order valence-electron chi connectivity index (χ3n) is 12.6. The van der Waals surface area contributed by atoms with Crippen LogP contribution in [-0.2, 0) is 19.0 Å². The molecule has 0 amide bonds. The second kappa shape index (κ2) is 8.72. The molecule has 2 aliphatic heterocycles. The van der Waals surface area contributed by atoms with Gasteiger partial charge in [0.1, 0.15) is 6.10 Å². The standard InChI is InChI=1S/C31H50O4/c1-6-7-27(32)34-22-11-13-29(4)21(16-22)8-9-23-24(29)12-14-30(5)25(23)17-26-28(30)20(3)31(35-26)15-10-19(2)18-33-31/h19-26,28H,6-18H2,1-5H3/t19-,20+,21-,22-,23-,24+,25+,26+,28+,29+,30+,31+/m1/s1. The highest BCUT2D eigenvalue weighted by Crippen LogP contribution is 2.71. The van der Waals surface area contributed by atoms with Crippen molar-refractivity contribution in [3.8, 4) is 0 Å². The minimum absolute atomic E-state index is 0.0176. The van der Waals surface area contributed by atoms with Crippen molar-refractivity contribution in [3.63, 3.8) is 0 Å². The van der Waals surface area contributed by atoms with Gasteiger partial charge in [-0.1, -0.05) is 34.6 Å². The molecule has 198 valence electrons. The van der Waals surface area contributed by atoms with Gasteiger partial charge in [-0.3, -0.25) is 4.79 Å². The normalized spacial score (nSPS) is 55.1. The molecule has 6 fully saturated rings. The third kappa shape index (κ3) is 3.69. The molecule has 4 saturated carbocycles. The van der Waals surface area contributed by atoms with Crippen LogP contribution in [-0.4, -0.2) is 30.6 Å². The monoisotopic (exact) mass is 486 g/mol. The summed E-state index contributed by atoms with van der Waals surface area (Å²) in [4.78, 5) is 12.1. The molecule has 2 heterocycles. The number of ether oxygens (including phenoxy) is 3.